The molecule has 0 saturated heterocycles. The molecule has 128 valence electrons. The molecule has 0 spiro atoms. The predicted molar refractivity (Wildman–Crippen MR) is 93.5 cm³/mol. The lowest BCUT2D eigenvalue weighted by atomic mass is 9.66. The highest BCUT2D eigenvalue weighted by Crippen LogP contribution is 2.45. The number of benzene rings is 1. The molecule has 1 amide bonds. The summed E-state index contributed by atoms with van der Waals surface area (Å²) in [6.45, 7) is 3.06. The summed E-state index contributed by atoms with van der Waals surface area (Å²) in [6.07, 6.45) is 3.83. The molecule has 5 nitrogen and oxygen atoms in total. The Kier molecular flexibility index (Phi) is 4.81. The quantitative estimate of drug-likeness (QED) is 0.818. The number of para-hydroxylation sites is 1. The maximum atomic E-state index is 12.9. The van der Waals surface area contributed by atoms with Crippen LogP contribution < -0.4 is 0 Å². The van der Waals surface area contributed by atoms with E-state index in [-0.39, 0.29) is 11.3 Å². The SMILES string of the molecule is COCCC1(C(=O)N(C)Cc2nc(C)c3ccccc3n2)CCC1. The maximum absolute atomic E-state index is 12.9. The molecule has 2 aromatic rings. The fraction of sp³-hybridized carbons (Fsp3) is 0.526. The highest BCUT2D eigenvalue weighted by Gasteiger charge is 2.45. The summed E-state index contributed by atoms with van der Waals surface area (Å²) >= 11 is 0. The molecule has 1 heterocycles. The zero-order chi connectivity index (χ0) is 17.2. The molecule has 0 atom stereocenters. The largest absolute Gasteiger partial charge is 0.385 e. The molecule has 24 heavy (non-hydrogen) atoms. The van der Waals surface area contributed by atoms with Crippen molar-refractivity contribution >= 4 is 16.8 Å². The molecule has 1 aromatic carbocycles. The molecular formula is C19H25N3O2. The molecule has 5 heteroatoms. The number of hydrogen-bond donors (Lipinski definition) is 0. The van der Waals surface area contributed by atoms with E-state index in [2.05, 4.69) is 9.97 Å². The van der Waals surface area contributed by atoms with Crippen LogP contribution in [0.5, 0.6) is 0 Å². The van der Waals surface area contributed by atoms with Gasteiger partial charge in [-0.1, -0.05) is 24.6 Å². The third-order valence-electron chi connectivity index (χ3n) is 5.11. The molecule has 0 unspecified atom stereocenters. The number of rotatable bonds is 6. The molecular weight excluding hydrogens is 302 g/mol. The van der Waals surface area contributed by atoms with Crippen LogP contribution in [-0.4, -0.2) is 41.5 Å². The van der Waals surface area contributed by atoms with Gasteiger partial charge in [-0.2, -0.15) is 0 Å². The topological polar surface area (TPSA) is 55.3 Å². The summed E-state index contributed by atoms with van der Waals surface area (Å²) in [5.74, 6) is 0.892. The molecule has 0 N–H and O–H groups in total. The zero-order valence-corrected chi connectivity index (χ0v) is 14.7. The molecule has 3 rings (SSSR count). The third-order valence-corrected chi connectivity index (χ3v) is 5.11. The first-order valence-electron chi connectivity index (χ1n) is 8.52. The van der Waals surface area contributed by atoms with Crippen molar-refractivity contribution in [2.24, 2.45) is 5.41 Å². The predicted octanol–water partition coefficient (Wildman–Crippen LogP) is 3.10. The smallest absolute Gasteiger partial charge is 0.229 e. The normalized spacial score (nSPS) is 16.0. The maximum Gasteiger partial charge on any atom is 0.229 e. The van der Waals surface area contributed by atoms with Crippen LogP contribution in [0.1, 0.15) is 37.2 Å². The Morgan fingerprint density at radius 1 is 1.29 bits per heavy atom. The van der Waals surface area contributed by atoms with E-state index in [9.17, 15) is 4.79 Å². The minimum Gasteiger partial charge on any atom is -0.385 e. The standard InChI is InChI=1S/C19H25N3O2/c1-14-15-7-4-5-8-16(15)21-17(20-14)13-22(2)18(23)19(9-6-10-19)11-12-24-3/h4-5,7-8H,6,9-13H2,1-3H3. The first-order valence-corrected chi connectivity index (χ1v) is 8.52. The number of fused-ring (bicyclic) bond motifs is 1. The lowest BCUT2D eigenvalue weighted by Gasteiger charge is -2.42. The second kappa shape index (κ2) is 6.85. The van der Waals surface area contributed by atoms with E-state index < -0.39 is 0 Å². The van der Waals surface area contributed by atoms with Crippen molar-refractivity contribution in [1.82, 2.24) is 14.9 Å². The van der Waals surface area contributed by atoms with E-state index in [0.29, 0.717) is 19.0 Å². The number of hydrogen-bond acceptors (Lipinski definition) is 4. The van der Waals surface area contributed by atoms with Gasteiger partial charge in [-0.25, -0.2) is 9.97 Å². The Hall–Kier alpha value is -2.01. The average Bonchev–Trinajstić information content (AvgIpc) is 2.54. The van der Waals surface area contributed by atoms with Crippen LogP contribution in [0, 0.1) is 12.3 Å². The number of ether oxygens (including phenoxy) is 1. The molecule has 0 bridgehead atoms. The van der Waals surface area contributed by atoms with E-state index in [0.717, 1.165) is 42.3 Å². The lowest BCUT2D eigenvalue weighted by Crippen LogP contribution is -2.47. The van der Waals surface area contributed by atoms with Crippen molar-refractivity contribution in [3.63, 3.8) is 0 Å². The van der Waals surface area contributed by atoms with Crippen LogP contribution in [0.25, 0.3) is 10.9 Å². The van der Waals surface area contributed by atoms with Gasteiger partial charge >= 0.3 is 0 Å². The van der Waals surface area contributed by atoms with Gasteiger partial charge in [-0.15, -0.1) is 0 Å². The second-order valence-electron chi connectivity index (χ2n) is 6.78. The van der Waals surface area contributed by atoms with Crippen molar-refractivity contribution < 1.29 is 9.53 Å². The highest BCUT2D eigenvalue weighted by molar-refractivity contribution is 5.83. The van der Waals surface area contributed by atoms with Crippen LogP contribution in [0.15, 0.2) is 24.3 Å². The van der Waals surface area contributed by atoms with Gasteiger partial charge in [-0.3, -0.25) is 4.79 Å². The van der Waals surface area contributed by atoms with Crippen LogP contribution in [0.3, 0.4) is 0 Å². The van der Waals surface area contributed by atoms with Gasteiger partial charge in [0.25, 0.3) is 0 Å². The fourth-order valence-electron chi connectivity index (χ4n) is 3.53. The van der Waals surface area contributed by atoms with Gasteiger partial charge in [0.15, 0.2) is 0 Å². The second-order valence-corrected chi connectivity index (χ2v) is 6.78. The number of aryl methyl sites for hydroxylation is 1. The van der Waals surface area contributed by atoms with Gasteiger partial charge in [-0.05, 0) is 32.3 Å². The number of aromatic nitrogens is 2. The fourth-order valence-corrected chi connectivity index (χ4v) is 3.53. The van der Waals surface area contributed by atoms with E-state index in [1.807, 2.05) is 38.2 Å². The minimum atomic E-state index is -0.239. The van der Waals surface area contributed by atoms with Crippen molar-refractivity contribution in [2.45, 2.75) is 39.2 Å². The first-order chi connectivity index (χ1) is 11.6. The average molecular weight is 327 g/mol. The number of nitrogens with zero attached hydrogens (tertiary/aromatic N) is 3. The van der Waals surface area contributed by atoms with Crippen LogP contribution in [0.4, 0.5) is 0 Å². The number of carbonyl (C=O) groups excluding carboxylic acids is 1. The van der Waals surface area contributed by atoms with E-state index in [1.165, 1.54) is 0 Å². The van der Waals surface area contributed by atoms with Crippen molar-refractivity contribution in [1.29, 1.82) is 0 Å². The Bertz CT molecular complexity index is 740. The molecule has 1 aliphatic carbocycles. The lowest BCUT2D eigenvalue weighted by molar-refractivity contribution is -0.148. The van der Waals surface area contributed by atoms with Gasteiger partial charge < -0.3 is 9.64 Å². The van der Waals surface area contributed by atoms with Crippen LogP contribution in [0.2, 0.25) is 0 Å². The van der Waals surface area contributed by atoms with E-state index in [4.69, 9.17) is 4.74 Å². The number of amides is 1. The number of carbonyl (C=O) groups is 1. The van der Waals surface area contributed by atoms with Crippen molar-refractivity contribution in [3.8, 4) is 0 Å². The van der Waals surface area contributed by atoms with Crippen molar-refractivity contribution in [2.75, 3.05) is 20.8 Å². The summed E-state index contributed by atoms with van der Waals surface area (Å²) in [4.78, 5) is 23.9. The Morgan fingerprint density at radius 3 is 2.71 bits per heavy atom. The van der Waals surface area contributed by atoms with Gasteiger partial charge in [0.2, 0.25) is 5.91 Å². The van der Waals surface area contributed by atoms with Crippen LogP contribution >= 0.6 is 0 Å². The molecule has 0 aliphatic heterocycles. The molecule has 1 aliphatic rings. The summed E-state index contributed by atoms with van der Waals surface area (Å²) in [6, 6.07) is 7.98. The summed E-state index contributed by atoms with van der Waals surface area (Å²) in [5.41, 5.74) is 1.64. The van der Waals surface area contributed by atoms with Gasteiger partial charge in [0.05, 0.1) is 17.5 Å². The molecule has 1 fully saturated rings. The molecule has 1 saturated carbocycles. The summed E-state index contributed by atoms with van der Waals surface area (Å²) in [7, 11) is 3.54. The Labute approximate surface area is 143 Å². The van der Waals surface area contributed by atoms with Crippen LogP contribution in [-0.2, 0) is 16.1 Å². The third kappa shape index (κ3) is 3.13. The molecule has 1 aromatic heterocycles. The van der Waals surface area contributed by atoms with Gasteiger partial charge in [0.1, 0.15) is 5.82 Å². The Balaban J connectivity index is 1.76. The summed E-state index contributed by atoms with van der Waals surface area (Å²) in [5, 5.41) is 1.06. The van der Waals surface area contributed by atoms with Crippen molar-refractivity contribution in [3.05, 3.63) is 35.8 Å². The van der Waals surface area contributed by atoms with E-state index >= 15 is 0 Å². The molecule has 0 radical (unpaired) electrons. The van der Waals surface area contributed by atoms with E-state index in [1.54, 1.807) is 12.0 Å². The highest BCUT2D eigenvalue weighted by atomic mass is 16.5. The minimum absolute atomic E-state index is 0.195. The Morgan fingerprint density at radius 2 is 2.04 bits per heavy atom. The first kappa shape index (κ1) is 16.8. The monoisotopic (exact) mass is 327 g/mol. The number of methoxy groups -OCH3 is 1. The summed E-state index contributed by atoms with van der Waals surface area (Å²) < 4.78 is 5.19. The zero-order valence-electron chi connectivity index (χ0n) is 14.7. The van der Waals surface area contributed by atoms with Gasteiger partial charge in [0, 0.05) is 31.8 Å².